The van der Waals surface area contributed by atoms with Crippen LogP contribution >= 0.6 is 11.6 Å². The highest BCUT2D eigenvalue weighted by atomic mass is 35.5. The molecule has 2 aromatic rings. The number of nitrogens with zero attached hydrogens (tertiary/aromatic N) is 1. The van der Waals surface area contributed by atoms with E-state index >= 15 is 0 Å². The summed E-state index contributed by atoms with van der Waals surface area (Å²) < 4.78 is 16.5. The largest absolute Gasteiger partial charge is 0.489 e. The number of methoxy groups -OCH3 is 1. The predicted octanol–water partition coefficient (Wildman–Crippen LogP) is 5.10. The summed E-state index contributed by atoms with van der Waals surface area (Å²) in [6.45, 7) is 7.77. The van der Waals surface area contributed by atoms with Crippen molar-refractivity contribution in [3.05, 3.63) is 86.0 Å². The molecule has 0 spiro atoms. The van der Waals surface area contributed by atoms with Crippen molar-refractivity contribution in [3.8, 4) is 11.8 Å². The van der Waals surface area contributed by atoms with E-state index in [2.05, 4.69) is 6.07 Å². The Bertz CT molecular complexity index is 1190. The zero-order chi connectivity index (χ0) is 23.6. The Morgan fingerprint density at radius 1 is 1.22 bits per heavy atom. The molecular weight excluding hydrogens is 428 g/mol. The Kier molecular flexibility index (Phi) is 6.81. The number of nitriles is 1. The summed E-state index contributed by atoms with van der Waals surface area (Å²) in [5.74, 6) is -0.233. The van der Waals surface area contributed by atoms with E-state index in [9.17, 15) is 10.1 Å². The van der Waals surface area contributed by atoms with Crippen LogP contribution in [-0.2, 0) is 20.9 Å². The van der Waals surface area contributed by atoms with Gasteiger partial charge in [-0.05, 0) is 68.1 Å². The topological polar surface area (TPSA) is 94.6 Å². The second-order valence-corrected chi connectivity index (χ2v) is 8.16. The Hall–Kier alpha value is -3.43. The van der Waals surface area contributed by atoms with E-state index < -0.39 is 11.9 Å². The number of halogens is 1. The van der Waals surface area contributed by atoms with E-state index in [4.69, 9.17) is 31.5 Å². The van der Waals surface area contributed by atoms with Crippen LogP contribution in [0.5, 0.6) is 5.75 Å². The number of carbonyl (C=O) groups excluding carboxylic acids is 1. The zero-order valence-corrected chi connectivity index (χ0v) is 19.5. The lowest BCUT2D eigenvalue weighted by Crippen LogP contribution is -2.25. The number of esters is 1. The molecule has 1 aliphatic rings. The van der Waals surface area contributed by atoms with E-state index in [1.807, 2.05) is 45.0 Å². The van der Waals surface area contributed by atoms with Crippen LogP contribution in [0.3, 0.4) is 0 Å². The van der Waals surface area contributed by atoms with Crippen molar-refractivity contribution >= 4 is 17.6 Å². The molecule has 6 nitrogen and oxygen atoms in total. The third kappa shape index (κ3) is 4.44. The van der Waals surface area contributed by atoms with Crippen LogP contribution in [0, 0.1) is 32.1 Å². The highest BCUT2D eigenvalue weighted by molar-refractivity contribution is 6.30. The molecule has 0 saturated carbocycles. The van der Waals surface area contributed by atoms with Crippen molar-refractivity contribution in [2.45, 2.75) is 40.2 Å². The zero-order valence-electron chi connectivity index (χ0n) is 18.7. The fraction of sp³-hybridized carbons (Fsp3) is 0.280. The number of carbonyl (C=O) groups is 1. The average molecular weight is 453 g/mol. The molecule has 7 heteroatoms. The number of aryl methyl sites for hydroxylation is 2. The Morgan fingerprint density at radius 3 is 2.56 bits per heavy atom. The fourth-order valence-electron chi connectivity index (χ4n) is 3.91. The van der Waals surface area contributed by atoms with E-state index in [0.717, 1.165) is 33.6 Å². The number of hydrogen-bond donors (Lipinski definition) is 1. The molecule has 2 aromatic carbocycles. The molecule has 1 aliphatic heterocycles. The lowest BCUT2D eigenvalue weighted by molar-refractivity contribution is -0.136. The standard InChI is InChI=1S/C25H25ClN2O4/c1-13-8-17(12-31-21-7-6-18(26)10-14(21)2)15(3)19(9-13)23-20(11-27)24(28)32-16(4)22(23)25(29)30-5/h6-10,23H,12,28H2,1-5H3. The third-order valence-electron chi connectivity index (χ3n) is 5.54. The number of rotatable bonds is 5. The molecule has 0 bridgehead atoms. The van der Waals surface area contributed by atoms with Crippen LogP contribution < -0.4 is 10.5 Å². The number of ether oxygens (including phenoxy) is 3. The van der Waals surface area contributed by atoms with E-state index in [1.54, 1.807) is 13.0 Å². The van der Waals surface area contributed by atoms with E-state index in [-0.39, 0.29) is 17.0 Å². The van der Waals surface area contributed by atoms with Crippen LogP contribution in [0.4, 0.5) is 0 Å². The van der Waals surface area contributed by atoms with Gasteiger partial charge in [0, 0.05) is 5.02 Å². The van der Waals surface area contributed by atoms with Gasteiger partial charge in [-0.3, -0.25) is 0 Å². The maximum Gasteiger partial charge on any atom is 0.338 e. The molecule has 0 aliphatic carbocycles. The van der Waals surface area contributed by atoms with Gasteiger partial charge in [-0.2, -0.15) is 5.26 Å². The summed E-state index contributed by atoms with van der Waals surface area (Å²) in [6, 6.07) is 11.5. The summed E-state index contributed by atoms with van der Waals surface area (Å²) >= 11 is 6.04. The summed E-state index contributed by atoms with van der Waals surface area (Å²) in [5.41, 5.74) is 10.9. The van der Waals surface area contributed by atoms with Gasteiger partial charge in [0.2, 0.25) is 5.88 Å². The van der Waals surface area contributed by atoms with Gasteiger partial charge in [-0.25, -0.2) is 4.79 Å². The van der Waals surface area contributed by atoms with Crippen molar-refractivity contribution in [2.75, 3.05) is 7.11 Å². The highest BCUT2D eigenvalue weighted by Crippen LogP contribution is 2.41. The van der Waals surface area contributed by atoms with Crippen molar-refractivity contribution in [1.29, 1.82) is 5.26 Å². The summed E-state index contributed by atoms with van der Waals surface area (Å²) in [7, 11) is 1.30. The van der Waals surface area contributed by atoms with Crippen molar-refractivity contribution in [1.82, 2.24) is 0 Å². The molecule has 0 amide bonds. The van der Waals surface area contributed by atoms with Crippen LogP contribution in [-0.4, -0.2) is 13.1 Å². The second kappa shape index (κ2) is 9.37. The van der Waals surface area contributed by atoms with Crippen LogP contribution in [0.2, 0.25) is 5.02 Å². The highest BCUT2D eigenvalue weighted by Gasteiger charge is 2.37. The minimum Gasteiger partial charge on any atom is -0.489 e. The molecule has 166 valence electrons. The number of benzene rings is 2. The molecule has 2 N–H and O–H groups in total. The van der Waals surface area contributed by atoms with Crippen LogP contribution in [0.1, 0.15) is 40.7 Å². The summed E-state index contributed by atoms with van der Waals surface area (Å²) in [6.07, 6.45) is 0. The summed E-state index contributed by atoms with van der Waals surface area (Å²) in [5, 5.41) is 10.5. The van der Waals surface area contributed by atoms with Crippen molar-refractivity contribution in [2.24, 2.45) is 5.73 Å². The SMILES string of the molecule is COC(=O)C1=C(C)OC(N)=C(C#N)C1c1cc(C)cc(COc2ccc(Cl)cc2C)c1C. The molecule has 0 aromatic heterocycles. The fourth-order valence-corrected chi connectivity index (χ4v) is 4.14. The lowest BCUT2D eigenvalue weighted by Gasteiger charge is -2.28. The van der Waals surface area contributed by atoms with Gasteiger partial charge in [-0.15, -0.1) is 0 Å². The molecular formula is C25H25ClN2O4. The lowest BCUT2D eigenvalue weighted by atomic mass is 9.79. The van der Waals surface area contributed by atoms with Crippen molar-refractivity contribution in [3.63, 3.8) is 0 Å². The Labute approximate surface area is 192 Å². The minimum absolute atomic E-state index is 0.0156. The third-order valence-corrected chi connectivity index (χ3v) is 5.78. The number of hydrogen-bond acceptors (Lipinski definition) is 6. The van der Waals surface area contributed by atoms with Gasteiger partial charge in [0.1, 0.15) is 29.8 Å². The first kappa shape index (κ1) is 23.2. The van der Waals surface area contributed by atoms with Gasteiger partial charge in [0.15, 0.2) is 0 Å². The predicted molar refractivity (Wildman–Crippen MR) is 122 cm³/mol. The van der Waals surface area contributed by atoms with Gasteiger partial charge in [0.05, 0.1) is 18.6 Å². The van der Waals surface area contributed by atoms with Crippen LogP contribution in [0.15, 0.2) is 53.1 Å². The quantitative estimate of drug-likeness (QED) is 0.634. The van der Waals surface area contributed by atoms with Gasteiger partial charge in [0.25, 0.3) is 0 Å². The number of allylic oxidation sites excluding steroid dienone is 2. The maximum absolute atomic E-state index is 12.6. The molecule has 0 radical (unpaired) electrons. The molecule has 1 unspecified atom stereocenters. The van der Waals surface area contributed by atoms with Gasteiger partial charge in [-0.1, -0.05) is 29.3 Å². The monoisotopic (exact) mass is 452 g/mol. The first-order valence-corrected chi connectivity index (χ1v) is 10.4. The first-order chi connectivity index (χ1) is 15.2. The molecule has 0 fully saturated rings. The van der Waals surface area contributed by atoms with Gasteiger partial charge < -0.3 is 19.9 Å². The second-order valence-electron chi connectivity index (χ2n) is 7.72. The van der Waals surface area contributed by atoms with Crippen molar-refractivity contribution < 1.29 is 19.0 Å². The minimum atomic E-state index is -0.697. The van der Waals surface area contributed by atoms with Crippen LogP contribution in [0.25, 0.3) is 0 Å². The van der Waals surface area contributed by atoms with E-state index in [0.29, 0.717) is 17.4 Å². The smallest absolute Gasteiger partial charge is 0.338 e. The normalized spacial score (nSPS) is 15.8. The summed E-state index contributed by atoms with van der Waals surface area (Å²) in [4.78, 5) is 12.6. The maximum atomic E-state index is 12.6. The molecule has 1 heterocycles. The van der Waals surface area contributed by atoms with E-state index in [1.165, 1.54) is 7.11 Å². The Morgan fingerprint density at radius 2 is 1.94 bits per heavy atom. The average Bonchev–Trinajstić information content (AvgIpc) is 2.74. The number of nitrogens with two attached hydrogens (primary N) is 1. The first-order valence-electron chi connectivity index (χ1n) is 10.0. The molecule has 3 rings (SSSR count). The van der Waals surface area contributed by atoms with Gasteiger partial charge >= 0.3 is 5.97 Å². The molecule has 0 saturated heterocycles. The molecule has 1 atom stereocenters. The Balaban J connectivity index is 2.08. The molecule has 32 heavy (non-hydrogen) atoms.